The van der Waals surface area contributed by atoms with Crippen molar-refractivity contribution in [3.8, 4) is 17.2 Å². The van der Waals surface area contributed by atoms with E-state index in [9.17, 15) is 9.90 Å². The Morgan fingerprint density at radius 2 is 1.91 bits per heavy atom. The van der Waals surface area contributed by atoms with Gasteiger partial charge >= 0.3 is 5.69 Å². The van der Waals surface area contributed by atoms with E-state index < -0.39 is 0 Å². The second-order valence-corrected chi connectivity index (χ2v) is 5.18. The van der Waals surface area contributed by atoms with Crippen LogP contribution in [0.3, 0.4) is 0 Å². The van der Waals surface area contributed by atoms with Gasteiger partial charge in [0.2, 0.25) is 0 Å². The molecule has 0 aliphatic rings. The molecule has 2 rings (SSSR count). The monoisotopic (exact) mass is 317 g/mol. The summed E-state index contributed by atoms with van der Waals surface area (Å²) in [5.74, 6) is 1.03. The first-order valence-corrected chi connectivity index (χ1v) is 7.09. The molecule has 122 valence electrons. The molecule has 0 unspecified atom stereocenters. The van der Waals surface area contributed by atoms with Gasteiger partial charge in [0, 0.05) is 6.07 Å². The maximum Gasteiger partial charge on any atom is 0.498 e. The molecule has 0 bridgehead atoms. The zero-order chi connectivity index (χ0) is 17.1. The topological polar surface area (TPSA) is 64.6 Å². The standard InChI is InChI=1S/C17H20N2O4/c1-11-10-12(19(3)17(21)18(11)2)6-7-13-14(20)8-9-15(22-4)16(13)23-5/h6-10H,1-5H3/p+1. The Kier molecular flexibility index (Phi) is 4.74. The van der Waals surface area contributed by atoms with Gasteiger partial charge < -0.3 is 14.6 Å². The minimum Gasteiger partial charge on any atom is -0.507 e. The number of benzene rings is 1. The SMILES string of the molecule is COc1ccc(O)c(/C=C/c2cc(C)n(C)c(=O)[n+]2C)c1OC. The number of nitrogens with zero attached hydrogens (tertiary/aromatic N) is 2. The van der Waals surface area contributed by atoms with Gasteiger partial charge in [0.1, 0.15) is 17.1 Å². The second kappa shape index (κ2) is 6.56. The zero-order valence-corrected chi connectivity index (χ0v) is 14.0. The van der Waals surface area contributed by atoms with Crippen molar-refractivity contribution in [2.75, 3.05) is 14.2 Å². The van der Waals surface area contributed by atoms with Gasteiger partial charge in [-0.25, -0.2) is 0 Å². The van der Waals surface area contributed by atoms with Crippen LogP contribution in [0.1, 0.15) is 17.0 Å². The number of phenolic OH excluding ortho intramolecular Hbond substituents is 1. The highest BCUT2D eigenvalue weighted by molar-refractivity contribution is 5.76. The number of hydrogen-bond donors (Lipinski definition) is 1. The summed E-state index contributed by atoms with van der Waals surface area (Å²) in [6.07, 6.45) is 3.45. The van der Waals surface area contributed by atoms with E-state index in [1.165, 1.54) is 24.9 Å². The Balaban J connectivity index is 2.56. The van der Waals surface area contributed by atoms with Crippen molar-refractivity contribution in [2.24, 2.45) is 14.1 Å². The lowest BCUT2D eigenvalue weighted by molar-refractivity contribution is -0.692. The van der Waals surface area contributed by atoms with Crippen LogP contribution in [0, 0.1) is 6.92 Å². The van der Waals surface area contributed by atoms with E-state index in [4.69, 9.17) is 9.47 Å². The van der Waals surface area contributed by atoms with Crippen molar-refractivity contribution in [3.05, 3.63) is 45.6 Å². The normalized spacial score (nSPS) is 11.0. The molecule has 23 heavy (non-hydrogen) atoms. The van der Waals surface area contributed by atoms with Crippen molar-refractivity contribution in [3.63, 3.8) is 0 Å². The summed E-state index contributed by atoms with van der Waals surface area (Å²) in [6, 6.07) is 5.06. The number of ether oxygens (including phenoxy) is 2. The van der Waals surface area contributed by atoms with E-state index in [1.807, 2.05) is 13.0 Å². The molecule has 0 spiro atoms. The van der Waals surface area contributed by atoms with Crippen molar-refractivity contribution in [1.82, 2.24) is 4.57 Å². The molecule has 0 fully saturated rings. The lowest BCUT2D eigenvalue weighted by Gasteiger charge is -2.11. The molecule has 0 saturated heterocycles. The zero-order valence-electron chi connectivity index (χ0n) is 14.0. The number of aromatic nitrogens is 2. The summed E-state index contributed by atoms with van der Waals surface area (Å²) in [5, 5.41) is 10.1. The molecule has 2 aromatic rings. The minimum absolute atomic E-state index is 0.0714. The highest BCUT2D eigenvalue weighted by atomic mass is 16.5. The van der Waals surface area contributed by atoms with Crippen LogP contribution < -0.4 is 19.7 Å². The molecule has 1 heterocycles. The Bertz CT molecular complexity index is 822. The Labute approximate surface area is 134 Å². The Hall–Kier alpha value is -2.76. The minimum atomic E-state index is -0.119. The quantitative estimate of drug-likeness (QED) is 0.866. The van der Waals surface area contributed by atoms with Crippen LogP contribution >= 0.6 is 0 Å². The third kappa shape index (κ3) is 3.06. The van der Waals surface area contributed by atoms with Crippen molar-refractivity contribution in [2.45, 2.75) is 6.92 Å². The largest absolute Gasteiger partial charge is 0.507 e. The molecule has 1 N–H and O–H groups in total. The van der Waals surface area contributed by atoms with Crippen LogP contribution in [0.4, 0.5) is 0 Å². The molecule has 1 aromatic carbocycles. The van der Waals surface area contributed by atoms with Gasteiger partial charge in [0.25, 0.3) is 0 Å². The smallest absolute Gasteiger partial charge is 0.498 e. The van der Waals surface area contributed by atoms with Gasteiger partial charge in [-0.3, -0.25) is 0 Å². The van der Waals surface area contributed by atoms with Crippen LogP contribution in [0.5, 0.6) is 17.2 Å². The third-order valence-corrected chi connectivity index (χ3v) is 3.83. The number of rotatable bonds is 4. The number of hydrogen-bond acceptors (Lipinski definition) is 4. The fourth-order valence-corrected chi connectivity index (χ4v) is 2.32. The van der Waals surface area contributed by atoms with Crippen LogP contribution in [-0.4, -0.2) is 23.9 Å². The van der Waals surface area contributed by atoms with Crippen molar-refractivity contribution in [1.29, 1.82) is 0 Å². The van der Waals surface area contributed by atoms with Gasteiger partial charge in [-0.1, -0.05) is 0 Å². The number of aryl methyl sites for hydroxylation is 1. The van der Waals surface area contributed by atoms with E-state index in [0.29, 0.717) is 17.1 Å². The second-order valence-electron chi connectivity index (χ2n) is 5.18. The summed E-state index contributed by atoms with van der Waals surface area (Å²) in [5.41, 5.74) is 1.93. The summed E-state index contributed by atoms with van der Waals surface area (Å²) < 4.78 is 13.7. The van der Waals surface area contributed by atoms with Gasteiger partial charge in [0.15, 0.2) is 11.5 Å². The summed E-state index contributed by atoms with van der Waals surface area (Å²) in [4.78, 5) is 12.1. The van der Waals surface area contributed by atoms with Crippen LogP contribution in [0.15, 0.2) is 23.0 Å². The van der Waals surface area contributed by atoms with E-state index in [-0.39, 0.29) is 11.4 Å². The first-order chi connectivity index (χ1) is 10.9. The molecule has 0 atom stereocenters. The van der Waals surface area contributed by atoms with Gasteiger partial charge in [-0.05, 0) is 31.2 Å². The highest BCUT2D eigenvalue weighted by Crippen LogP contribution is 2.37. The average molecular weight is 317 g/mol. The number of methoxy groups -OCH3 is 2. The molecular weight excluding hydrogens is 296 g/mol. The molecule has 1 aromatic heterocycles. The molecule has 0 amide bonds. The van der Waals surface area contributed by atoms with E-state index in [1.54, 1.807) is 36.9 Å². The fraction of sp³-hybridized carbons (Fsp3) is 0.294. The molecule has 0 aliphatic heterocycles. The summed E-state index contributed by atoms with van der Waals surface area (Å²) >= 11 is 0. The highest BCUT2D eigenvalue weighted by Gasteiger charge is 2.14. The number of aromatic hydroxyl groups is 1. The lowest BCUT2D eigenvalue weighted by atomic mass is 10.1. The molecule has 0 radical (unpaired) electrons. The van der Waals surface area contributed by atoms with Crippen LogP contribution in [0.2, 0.25) is 0 Å². The summed E-state index contributed by atoms with van der Waals surface area (Å²) in [6.45, 7) is 1.86. The predicted octanol–water partition coefficient (Wildman–Crippen LogP) is 1.41. The van der Waals surface area contributed by atoms with Gasteiger partial charge in [-0.2, -0.15) is 13.9 Å². The van der Waals surface area contributed by atoms with Crippen molar-refractivity contribution < 1.29 is 19.1 Å². The Morgan fingerprint density at radius 1 is 1.22 bits per heavy atom. The molecular formula is C17H21N2O4+. The van der Waals surface area contributed by atoms with Crippen LogP contribution in [-0.2, 0) is 14.1 Å². The number of phenols is 1. The van der Waals surface area contributed by atoms with Gasteiger partial charge in [0.05, 0.1) is 33.9 Å². The first kappa shape index (κ1) is 16.6. The average Bonchev–Trinajstić information content (AvgIpc) is 2.55. The Morgan fingerprint density at radius 3 is 2.52 bits per heavy atom. The molecule has 6 nitrogen and oxygen atoms in total. The van der Waals surface area contributed by atoms with E-state index in [0.717, 1.165) is 11.4 Å². The predicted molar refractivity (Wildman–Crippen MR) is 87.7 cm³/mol. The summed E-state index contributed by atoms with van der Waals surface area (Å²) in [7, 11) is 6.47. The lowest BCUT2D eigenvalue weighted by Crippen LogP contribution is -2.53. The van der Waals surface area contributed by atoms with Crippen molar-refractivity contribution >= 4 is 12.2 Å². The maximum absolute atomic E-state index is 12.1. The third-order valence-electron chi connectivity index (χ3n) is 3.83. The molecule has 0 aliphatic carbocycles. The molecule has 6 heteroatoms. The fourth-order valence-electron chi connectivity index (χ4n) is 2.32. The first-order valence-electron chi connectivity index (χ1n) is 7.09. The van der Waals surface area contributed by atoms with E-state index >= 15 is 0 Å². The maximum atomic E-state index is 12.1. The van der Waals surface area contributed by atoms with Crippen LogP contribution in [0.25, 0.3) is 12.2 Å². The van der Waals surface area contributed by atoms with Gasteiger partial charge in [-0.15, -0.1) is 0 Å². The molecule has 0 saturated carbocycles. The van der Waals surface area contributed by atoms with E-state index in [2.05, 4.69) is 0 Å².